The molecule has 1 aliphatic heterocycles. The van der Waals surface area contributed by atoms with Gasteiger partial charge in [0, 0.05) is 13.1 Å². The minimum Gasteiger partial charge on any atom is -0.493 e. The predicted octanol–water partition coefficient (Wildman–Crippen LogP) is 1.52. The highest BCUT2D eigenvalue weighted by Gasteiger charge is 2.27. The number of ether oxygens (including phenoxy) is 3. The predicted molar refractivity (Wildman–Crippen MR) is 83.8 cm³/mol. The first-order valence-corrected chi connectivity index (χ1v) is 7.44. The first-order chi connectivity index (χ1) is 10.7. The van der Waals surface area contributed by atoms with E-state index in [9.17, 15) is 4.79 Å². The van der Waals surface area contributed by atoms with Crippen molar-refractivity contribution in [2.24, 2.45) is 11.7 Å². The van der Waals surface area contributed by atoms with Gasteiger partial charge in [0.2, 0.25) is 5.75 Å². The maximum Gasteiger partial charge on any atom is 0.257 e. The van der Waals surface area contributed by atoms with Crippen LogP contribution < -0.4 is 19.9 Å². The number of benzene rings is 1. The van der Waals surface area contributed by atoms with Crippen molar-refractivity contribution in [2.75, 3.05) is 41.0 Å². The minimum atomic E-state index is -0.0479. The number of hydrogen-bond acceptors (Lipinski definition) is 5. The van der Waals surface area contributed by atoms with E-state index in [1.807, 2.05) is 4.90 Å². The molecule has 2 N–H and O–H groups in total. The van der Waals surface area contributed by atoms with Gasteiger partial charge in [0.25, 0.3) is 5.91 Å². The first-order valence-electron chi connectivity index (χ1n) is 7.44. The normalized spacial score (nSPS) is 15.5. The van der Waals surface area contributed by atoms with Gasteiger partial charge in [0.1, 0.15) is 0 Å². The molecule has 0 bridgehead atoms. The summed E-state index contributed by atoms with van der Waals surface area (Å²) >= 11 is 0. The van der Waals surface area contributed by atoms with E-state index in [4.69, 9.17) is 19.9 Å². The van der Waals surface area contributed by atoms with E-state index in [0.29, 0.717) is 35.3 Å². The zero-order chi connectivity index (χ0) is 16.1. The standard InChI is InChI=1S/C16H24N2O4/c1-20-13-5-4-12(14(21-2)15(13)22-3)16(19)18-8-6-11(10-17)7-9-18/h4-5,11H,6-10,17H2,1-3H3. The number of nitrogens with zero attached hydrogens (tertiary/aromatic N) is 1. The largest absolute Gasteiger partial charge is 0.493 e. The SMILES string of the molecule is COc1ccc(C(=O)N2CCC(CN)CC2)c(OC)c1OC. The van der Waals surface area contributed by atoms with Crippen LogP contribution in [-0.4, -0.2) is 51.8 Å². The molecule has 2 rings (SSSR count). The van der Waals surface area contributed by atoms with Crippen LogP contribution in [-0.2, 0) is 0 Å². The highest BCUT2D eigenvalue weighted by Crippen LogP contribution is 2.40. The third-order valence-electron chi connectivity index (χ3n) is 4.17. The molecule has 1 aromatic carbocycles. The van der Waals surface area contributed by atoms with Gasteiger partial charge in [-0.15, -0.1) is 0 Å². The number of hydrogen-bond donors (Lipinski definition) is 1. The van der Waals surface area contributed by atoms with E-state index in [1.165, 1.54) is 14.2 Å². The molecule has 0 aliphatic carbocycles. The summed E-state index contributed by atoms with van der Waals surface area (Å²) in [6.07, 6.45) is 1.88. The van der Waals surface area contributed by atoms with Crippen LogP contribution in [0.3, 0.4) is 0 Å². The van der Waals surface area contributed by atoms with Crippen LogP contribution in [0.2, 0.25) is 0 Å². The van der Waals surface area contributed by atoms with Gasteiger partial charge in [-0.25, -0.2) is 0 Å². The summed E-state index contributed by atoms with van der Waals surface area (Å²) in [6.45, 7) is 2.12. The van der Waals surface area contributed by atoms with Crippen LogP contribution in [0.15, 0.2) is 12.1 Å². The van der Waals surface area contributed by atoms with Crippen molar-refractivity contribution in [1.82, 2.24) is 4.90 Å². The van der Waals surface area contributed by atoms with Gasteiger partial charge in [-0.1, -0.05) is 0 Å². The van der Waals surface area contributed by atoms with Crippen LogP contribution in [0.5, 0.6) is 17.2 Å². The summed E-state index contributed by atoms with van der Waals surface area (Å²) < 4.78 is 16.0. The van der Waals surface area contributed by atoms with Crippen molar-refractivity contribution in [3.8, 4) is 17.2 Å². The Hall–Kier alpha value is -1.95. The number of nitrogens with two attached hydrogens (primary N) is 1. The van der Waals surface area contributed by atoms with E-state index in [2.05, 4.69) is 0 Å². The summed E-state index contributed by atoms with van der Waals surface area (Å²) in [7, 11) is 4.60. The van der Waals surface area contributed by atoms with Crippen LogP contribution >= 0.6 is 0 Å². The molecule has 6 nitrogen and oxygen atoms in total. The number of piperidine rings is 1. The molecule has 122 valence electrons. The second kappa shape index (κ2) is 7.35. The van der Waals surface area contributed by atoms with Crippen LogP contribution in [0, 0.1) is 5.92 Å². The third-order valence-corrected chi connectivity index (χ3v) is 4.17. The van der Waals surface area contributed by atoms with Gasteiger partial charge < -0.3 is 24.8 Å². The van der Waals surface area contributed by atoms with E-state index < -0.39 is 0 Å². The topological polar surface area (TPSA) is 74.0 Å². The summed E-state index contributed by atoms with van der Waals surface area (Å²) in [6, 6.07) is 3.44. The quantitative estimate of drug-likeness (QED) is 0.893. The van der Waals surface area contributed by atoms with Gasteiger partial charge in [0.05, 0.1) is 26.9 Å². The smallest absolute Gasteiger partial charge is 0.257 e. The van der Waals surface area contributed by atoms with Crippen LogP contribution in [0.1, 0.15) is 23.2 Å². The Bertz CT molecular complexity index is 525. The Morgan fingerprint density at radius 3 is 2.27 bits per heavy atom. The number of amides is 1. The Labute approximate surface area is 131 Å². The van der Waals surface area contributed by atoms with Crippen molar-refractivity contribution in [3.63, 3.8) is 0 Å². The molecule has 1 amide bonds. The second-order valence-corrected chi connectivity index (χ2v) is 5.35. The Morgan fingerprint density at radius 2 is 1.77 bits per heavy atom. The molecule has 1 aromatic rings. The maximum absolute atomic E-state index is 12.8. The number of carbonyl (C=O) groups is 1. The van der Waals surface area contributed by atoms with Crippen molar-refractivity contribution in [2.45, 2.75) is 12.8 Å². The fourth-order valence-electron chi connectivity index (χ4n) is 2.81. The monoisotopic (exact) mass is 308 g/mol. The molecule has 0 atom stereocenters. The lowest BCUT2D eigenvalue weighted by molar-refractivity contribution is 0.0689. The number of carbonyl (C=O) groups excluding carboxylic acids is 1. The van der Waals surface area contributed by atoms with E-state index in [1.54, 1.807) is 19.2 Å². The average molecular weight is 308 g/mol. The average Bonchev–Trinajstić information content (AvgIpc) is 2.59. The zero-order valence-electron chi connectivity index (χ0n) is 13.4. The van der Waals surface area contributed by atoms with E-state index >= 15 is 0 Å². The Morgan fingerprint density at radius 1 is 1.14 bits per heavy atom. The third kappa shape index (κ3) is 3.11. The molecule has 0 radical (unpaired) electrons. The molecular formula is C16H24N2O4. The Kier molecular flexibility index (Phi) is 5.49. The van der Waals surface area contributed by atoms with Gasteiger partial charge in [0.15, 0.2) is 11.5 Å². The van der Waals surface area contributed by atoms with Crippen molar-refractivity contribution in [3.05, 3.63) is 17.7 Å². The number of rotatable bonds is 5. The molecule has 22 heavy (non-hydrogen) atoms. The zero-order valence-corrected chi connectivity index (χ0v) is 13.4. The van der Waals surface area contributed by atoms with Gasteiger partial charge in [-0.3, -0.25) is 4.79 Å². The number of likely N-dealkylation sites (tertiary alicyclic amines) is 1. The van der Waals surface area contributed by atoms with Gasteiger partial charge >= 0.3 is 0 Å². The molecule has 1 saturated heterocycles. The first kappa shape index (κ1) is 16.4. The molecule has 0 spiro atoms. The molecule has 0 aromatic heterocycles. The lowest BCUT2D eigenvalue weighted by atomic mass is 9.96. The molecular weight excluding hydrogens is 284 g/mol. The van der Waals surface area contributed by atoms with E-state index in [-0.39, 0.29) is 5.91 Å². The highest BCUT2D eigenvalue weighted by atomic mass is 16.5. The van der Waals surface area contributed by atoms with Crippen molar-refractivity contribution >= 4 is 5.91 Å². The maximum atomic E-state index is 12.8. The minimum absolute atomic E-state index is 0.0479. The Balaban J connectivity index is 2.26. The van der Waals surface area contributed by atoms with Gasteiger partial charge in [-0.05, 0) is 37.4 Å². The molecule has 0 saturated carbocycles. The molecule has 6 heteroatoms. The van der Waals surface area contributed by atoms with Crippen molar-refractivity contribution in [1.29, 1.82) is 0 Å². The summed E-state index contributed by atoms with van der Waals surface area (Å²) in [5.74, 6) is 1.85. The van der Waals surface area contributed by atoms with E-state index in [0.717, 1.165) is 25.9 Å². The van der Waals surface area contributed by atoms with Crippen molar-refractivity contribution < 1.29 is 19.0 Å². The number of methoxy groups -OCH3 is 3. The van der Waals surface area contributed by atoms with Crippen LogP contribution in [0.25, 0.3) is 0 Å². The second-order valence-electron chi connectivity index (χ2n) is 5.35. The molecule has 1 aliphatic rings. The lowest BCUT2D eigenvalue weighted by Gasteiger charge is -2.32. The fraction of sp³-hybridized carbons (Fsp3) is 0.562. The summed E-state index contributed by atoms with van der Waals surface area (Å²) in [4.78, 5) is 14.6. The summed E-state index contributed by atoms with van der Waals surface area (Å²) in [5, 5.41) is 0. The molecule has 1 fully saturated rings. The molecule has 0 unspecified atom stereocenters. The fourth-order valence-corrected chi connectivity index (χ4v) is 2.81. The van der Waals surface area contributed by atoms with Gasteiger partial charge in [-0.2, -0.15) is 0 Å². The lowest BCUT2D eigenvalue weighted by Crippen LogP contribution is -2.40. The highest BCUT2D eigenvalue weighted by molar-refractivity contribution is 5.98. The molecule has 1 heterocycles. The summed E-state index contributed by atoms with van der Waals surface area (Å²) in [5.41, 5.74) is 6.19. The van der Waals surface area contributed by atoms with Crippen LogP contribution in [0.4, 0.5) is 0 Å².